The molecule has 0 aliphatic rings. The molecule has 0 saturated heterocycles. The maximum Gasteiger partial charge on any atom is 0.277 e. The lowest BCUT2D eigenvalue weighted by Crippen LogP contribution is -2.15. The Labute approximate surface area is 164 Å². The fourth-order valence-electron chi connectivity index (χ4n) is 2.10. The molecule has 0 fully saturated rings. The number of nitrogens with zero attached hydrogens (tertiary/aromatic N) is 4. The molecule has 1 amide bonds. The monoisotopic (exact) mass is 405 g/mol. The Morgan fingerprint density at radius 1 is 1.31 bits per heavy atom. The summed E-state index contributed by atoms with van der Waals surface area (Å²) in [5.41, 5.74) is 2.53. The van der Waals surface area contributed by atoms with Crippen molar-refractivity contribution in [2.75, 3.05) is 5.32 Å². The number of hydrogen-bond acceptors (Lipinski definition) is 7. The highest BCUT2D eigenvalue weighted by Gasteiger charge is 2.16. The second-order valence-corrected chi connectivity index (χ2v) is 7.78. The summed E-state index contributed by atoms with van der Waals surface area (Å²) in [7, 11) is 0. The lowest BCUT2D eigenvalue weighted by molar-refractivity contribution is 0.102. The maximum atomic E-state index is 12.5. The summed E-state index contributed by atoms with van der Waals surface area (Å²) in [6.45, 7) is 4.04. The molecule has 0 atom stereocenters. The lowest BCUT2D eigenvalue weighted by atomic mass is 10.1. The van der Waals surface area contributed by atoms with Gasteiger partial charge in [0.15, 0.2) is 10.9 Å². The third-order valence-electron chi connectivity index (χ3n) is 3.54. The number of anilines is 1. The van der Waals surface area contributed by atoms with Crippen LogP contribution in [0.4, 0.5) is 5.13 Å². The van der Waals surface area contributed by atoms with Crippen molar-refractivity contribution in [3.63, 3.8) is 0 Å². The molecular weight excluding hydrogens is 390 g/mol. The quantitative estimate of drug-likeness (QED) is 0.483. The first-order chi connectivity index (χ1) is 12.6. The fraction of sp³-hybridized carbons (Fsp3) is 0.235. The Balaban J connectivity index is 1.72. The molecule has 6 nitrogen and oxygen atoms in total. The molecule has 134 valence electrons. The fourth-order valence-corrected chi connectivity index (χ4v) is 3.84. The van der Waals surface area contributed by atoms with Gasteiger partial charge in [0, 0.05) is 5.75 Å². The van der Waals surface area contributed by atoms with Gasteiger partial charge in [0.2, 0.25) is 5.13 Å². The van der Waals surface area contributed by atoms with Crippen LogP contribution in [0.15, 0.2) is 35.6 Å². The average Bonchev–Trinajstić information content (AvgIpc) is 3.09. The summed E-state index contributed by atoms with van der Waals surface area (Å²) >= 11 is 8.89. The molecule has 3 rings (SSSR count). The number of rotatable bonds is 6. The van der Waals surface area contributed by atoms with Crippen LogP contribution >= 0.6 is 34.7 Å². The van der Waals surface area contributed by atoms with E-state index in [0.717, 1.165) is 11.4 Å². The predicted octanol–water partition coefficient (Wildman–Crippen LogP) is 4.40. The zero-order valence-electron chi connectivity index (χ0n) is 14.2. The van der Waals surface area contributed by atoms with Crippen molar-refractivity contribution in [2.24, 2.45) is 0 Å². The van der Waals surface area contributed by atoms with Gasteiger partial charge in [0.25, 0.3) is 5.91 Å². The first-order valence-corrected chi connectivity index (χ1v) is 10.1. The SMILES string of the molecule is CCc1nnc(NC(=O)c2nc(SCc3ccccc3C)ncc2Cl)s1. The predicted molar refractivity (Wildman–Crippen MR) is 105 cm³/mol. The third-order valence-corrected chi connectivity index (χ3v) is 5.71. The Kier molecular flexibility index (Phi) is 6.18. The minimum atomic E-state index is -0.422. The summed E-state index contributed by atoms with van der Waals surface area (Å²) in [6.07, 6.45) is 2.21. The molecular formula is C17H16ClN5OS2. The number of carbonyl (C=O) groups excluding carboxylic acids is 1. The first kappa shape index (κ1) is 18.8. The molecule has 0 unspecified atom stereocenters. The van der Waals surface area contributed by atoms with Gasteiger partial charge in [-0.15, -0.1) is 10.2 Å². The maximum absolute atomic E-state index is 12.5. The van der Waals surface area contributed by atoms with Crippen molar-refractivity contribution in [3.05, 3.63) is 57.3 Å². The van der Waals surface area contributed by atoms with Gasteiger partial charge >= 0.3 is 0 Å². The second kappa shape index (κ2) is 8.57. The number of hydrogen-bond donors (Lipinski definition) is 1. The summed E-state index contributed by atoms with van der Waals surface area (Å²) in [5.74, 6) is 0.292. The van der Waals surface area contributed by atoms with Gasteiger partial charge < -0.3 is 0 Å². The van der Waals surface area contributed by atoms with Gasteiger partial charge in [-0.2, -0.15) is 0 Å². The average molecular weight is 406 g/mol. The number of nitrogens with one attached hydrogen (secondary N) is 1. The number of halogens is 1. The van der Waals surface area contributed by atoms with Gasteiger partial charge in [-0.05, 0) is 24.5 Å². The Morgan fingerprint density at radius 2 is 2.12 bits per heavy atom. The van der Waals surface area contributed by atoms with Crippen LogP contribution < -0.4 is 5.32 Å². The van der Waals surface area contributed by atoms with Crippen LogP contribution in [0.3, 0.4) is 0 Å². The molecule has 3 aromatic rings. The van der Waals surface area contributed by atoms with E-state index in [1.54, 1.807) is 0 Å². The molecule has 2 aromatic heterocycles. The van der Waals surface area contributed by atoms with E-state index in [9.17, 15) is 4.79 Å². The molecule has 0 spiro atoms. The van der Waals surface area contributed by atoms with Gasteiger partial charge in [0.1, 0.15) is 5.01 Å². The van der Waals surface area contributed by atoms with Gasteiger partial charge in [-0.3, -0.25) is 10.1 Å². The minimum Gasteiger partial charge on any atom is -0.295 e. The van der Waals surface area contributed by atoms with Crippen molar-refractivity contribution in [1.29, 1.82) is 0 Å². The highest BCUT2D eigenvalue weighted by Crippen LogP contribution is 2.24. The smallest absolute Gasteiger partial charge is 0.277 e. The zero-order chi connectivity index (χ0) is 18.5. The van der Waals surface area contributed by atoms with Gasteiger partial charge in [-0.1, -0.05) is 65.9 Å². The van der Waals surface area contributed by atoms with E-state index in [0.29, 0.717) is 16.0 Å². The molecule has 0 bridgehead atoms. The molecule has 0 saturated carbocycles. The number of amides is 1. The third kappa shape index (κ3) is 4.57. The van der Waals surface area contributed by atoms with Crippen molar-refractivity contribution in [1.82, 2.24) is 20.2 Å². The second-order valence-electron chi connectivity index (χ2n) is 5.37. The molecule has 0 radical (unpaired) electrons. The van der Waals surface area contributed by atoms with Crippen molar-refractivity contribution < 1.29 is 4.79 Å². The Hall–Kier alpha value is -2.03. The Morgan fingerprint density at radius 3 is 2.85 bits per heavy atom. The zero-order valence-corrected chi connectivity index (χ0v) is 16.6. The summed E-state index contributed by atoms with van der Waals surface area (Å²) in [4.78, 5) is 21.0. The van der Waals surface area contributed by atoms with Crippen LogP contribution in [0.2, 0.25) is 5.02 Å². The van der Waals surface area contributed by atoms with E-state index < -0.39 is 5.91 Å². The van der Waals surface area contributed by atoms with Crippen molar-refractivity contribution in [2.45, 2.75) is 31.2 Å². The molecule has 0 aliphatic heterocycles. The van der Waals surface area contributed by atoms with E-state index in [1.807, 2.05) is 19.1 Å². The molecule has 2 heterocycles. The number of benzene rings is 1. The standard InChI is InChI=1S/C17H16ClN5OS2/c1-3-13-22-23-17(26-13)21-15(24)14-12(18)8-19-16(20-14)25-9-11-7-5-4-6-10(11)2/h4-8H,3,9H2,1-2H3,(H,21,23,24). The molecule has 0 aliphatic carbocycles. The first-order valence-electron chi connectivity index (χ1n) is 7.90. The molecule has 9 heteroatoms. The molecule has 1 aromatic carbocycles. The van der Waals surface area contributed by atoms with Crippen LogP contribution in [0.25, 0.3) is 0 Å². The van der Waals surface area contributed by atoms with Gasteiger partial charge in [-0.25, -0.2) is 9.97 Å². The Bertz CT molecular complexity index is 931. The summed E-state index contributed by atoms with van der Waals surface area (Å²) in [6, 6.07) is 8.12. The van der Waals surface area contributed by atoms with E-state index in [-0.39, 0.29) is 10.7 Å². The van der Waals surface area contributed by atoms with Crippen LogP contribution in [-0.2, 0) is 12.2 Å². The number of carbonyl (C=O) groups is 1. The van der Waals surface area contributed by atoms with Gasteiger partial charge in [0.05, 0.1) is 11.2 Å². The van der Waals surface area contributed by atoms with E-state index in [4.69, 9.17) is 11.6 Å². The van der Waals surface area contributed by atoms with E-state index in [1.165, 1.54) is 40.4 Å². The van der Waals surface area contributed by atoms with Crippen LogP contribution in [0.1, 0.15) is 33.5 Å². The number of aryl methyl sites for hydroxylation is 2. The number of thioether (sulfide) groups is 1. The lowest BCUT2D eigenvalue weighted by Gasteiger charge is -2.07. The normalized spacial score (nSPS) is 10.7. The topological polar surface area (TPSA) is 80.7 Å². The van der Waals surface area contributed by atoms with E-state index in [2.05, 4.69) is 44.5 Å². The highest BCUT2D eigenvalue weighted by molar-refractivity contribution is 7.98. The summed E-state index contributed by atoms with van der Waals surface area (Å²) in [5, 5.41) is 12.6. The van der Waals surface area contributed by atoms with Crippen molar-refractivity contribution >= 4 is 45.7 Å². The van der Waals surface area contributed by atoms with Crippen LogP contribution in [0, 0.1) is 6.92 Å². The van der Waals surface area contributed by atoms with Crippen LogP contribution in [0.5, 0.6) is 0 Å². The van der Waals surface area contributed by atoms with E-state index >= 15 is 0 Å². The number of aromatic nitrogens is 4. The summed E-state index contributed by atoms with van der Waals surface area (Å²) < 4.78 is 0. The molecule has 1 N–H and O–H groups in total. The minimum absolute atomic E-state index is 0.127. The van der Waals surface area contributed by atoms with Crippen LogP contribution in [-0.4, -0.2) is 26.1 Å². The largest absolute Gasteiger partial charge is 0.295 e. The molecule has 26 heavy (non-hydrogen) atoms. The highest BCUT2D eigenvalue weighted by atomic mass is 35.5. The van der Waals surface area contributed by atoms with Crippen molar-refractivity contribution in [3.8, 4) is 0 Å².